The number of carbonyl (C=O) groups excluding carboxylic acids is 1. The Hall–Kier alpha value is -3.03. The summed E-state index contributed by atoms with van der Waals surface area (Å²) in [4.78, 5) is 37.9. The second kappa shape index (κ2) is 8.33. The normalized spacial score (nSPS) is 12.4. The molecule has 0 saturated heterocycles. The van der Waals surface area contributed by atoms with E-state index in [-0.39, 0.29) is 17.0 Å². The van der Waals surface area contributed by atoms with Crippen molar-refractivity contribution in [2.45, 2.75) is 13.3 Å². The highest BCUT2D eigenvalue weighted by Crippen LogP contribution is 2.21. The minimum Gasteiger partial charge on any atom is -0.313 e. The molecule has 2 aromatic carbocycles. The van der Waals surface area contributed by atoms with E-state index in [0.29, 0.717) is 37.3 Å². The molecule has 8 heteroatoms. The molecule has 0 aliphatic carbocycles. The second-order valence-electron chi connectivity index (χ2n) is 5.94. The predicted molar refractivity (Wildman–Crippen MR) is 110 cm³/mol. The number of nitrogens with zero attached hydrogens (tertiary/aromatic N) is 1. The molecule has 6 nitrogen and oxygen atoms in total. The predicted octanol–water partition coefficient (Wildman–Crippen LogP) is 3.05. The van der Waals surface area contributed by atoms with Gasteiger partial charge in [0.25, 0.3) is 11.2 Å². The van der Waals surface area contributed by atoms with Gasteiger partial charge in [0.1, 0.15) is 0 Å². The van der Waals surface area contributed by atoms with E-state index in [2.05, 4.69) is 4.98 Å². The van der Waals surface area contributed by atoms with Crippen molar-refractivity contribution in [2.24, 2.45) is 0 Å². The summed E-state index contributed by atoms with van der Waals surface area (Å²) in [6.45, 7) is 1.84. The molecule has 0 radical (unpaired) electrons. The van der Waals surface area contributed by atoms with Crippen LogP contribution in [-0.4, -0.2) is 15.7 Å². The summed E-state index contributed by atoms with van der Waals surface area (Å²) in [5, 5.41) is 11.7. The van der Waals surface area contributed by atoms with Crippen molar-refractivity contribution in [3.05, 3.63) is 93.8 Å². The third-order valence-corrected chi connectivity index (χ3v) is 5.27. The number of aryl methyl sites for hydroxylation is 1. The van der Waals surface area contributed by atoms with Crippen molar-refractivity contribution in [3.8, 4) is 0 Å². The number of nitro groups is 1. The Balaban J connectivity index is 1.99. The number of benzene rings is 2. The molecule has 28 heavy (non-hydrogen) atoms. The van der Waals surface area contributed by atoms with Crippen LogP contribution < -0.4 is 14.8 Å². The smallest absolute Gasteiger partial charge is 0.273 e. The highest BCUT2D eigenvalue weighted by Gasteiger charge is 2.12. The lowest BCUT2D eigenvalue weighted by Gasteiger charge is -2.00. The van der Waals surface area contributed by atoms with Gasteiger partial charge in [0.05, 0.1) is 14.1 Å². The Labute approximate surface area is 168 Å². The average Bonchev–Trinajstić information content (AvgIpc) is 3.00. The van der Waals surface area contributed by atoms with Gasteiger partial charge in [-0.1, -0.05) is 30.7 Å². The molecule has 0 spiro atoms. The SMILES string of the molecule is CCc1ccc(/C=c2\s/c(=C\C(=O)c3ccc(Cl)cc3)[nH]c2=O)cc1[N+](=O)[O-]. The number of ketones is 1. The molecule has 3 aromatic rings. The number of hydrogen-bond acceptors (Lipinski definition) is 5. The average molecular weight is 415 g/mol. The maximum absolute atomic E-state index is 12.3. The Bertz CT molecular complexity index is 1230. The van der Waals surface area contributed by atoms with Gasteiger partial charge in [0.15, 0.2) is 5.78 Å². The van der Waals surface area contributed by atoms with Crippen LogP contribution in [-0.2, 0) is 6.42 Å². The molecule has 0 fully saturated rings. The molecule has 0 saturated carbocycles. The highest BCUT2D eigenvalue weighted by molar-refractivity contribution is 7.07. The minimum atomic E-state index is -0.432. The van der Waals surface area contributed by atoms with Crippen LogP contribution in [0.5, 0.6) is 0 Å². The molecule has 1 aromatic heterocycles. The number of H-pyrrole nitrogens is 1. The summed E-state index contributed by atoms with van der Waals surface area (Å²) in [6.07, 6.45) is 3.46. The van der Waals surface area contributed by atoms with Gasteiger partial charge < -0.3 is 4.98 Å². The molecule has 142 valence electrons. The standard InChI is InChI=1S/C20H15ClN2O4S/c1-2-13-4-3-12(9-16(13)23(26)27)10-18-20(25)22-19(28-18)11-17(24)14-5-7-15(21)8-6-14/h3-11H,2H2,1H3,(H,22,25)/b18-10-,19-11-. The fourth-order valence-corrected chi connectivity index (χ4v) is 3.64. The number of aromatic amines is 1. The molecule has 1 N–H and O–H groups in total. The maximum atomic E-state index is 12.3. The lowest BCUT2D eigenvalue weighted by Crippen LogP contribution is -2.20. The van der Waals surface area contributed by atoms with Gasteiger partial charge in [-0.2, -0.15) is 0 Å². The number of aromatic nitrogens is 1. The van der Waals surface area contributed by atoms with Crippen molar-refractivity contribution in [2.75, 3.05) is 0 Å². The number of halogens is 1. The molecule has 0 unspecified atom stereocenters. The molecule has 0 amide bonds. The van der Waals surface area contributed by atoms with E-state index in [9.17, 15) is 19.7 Å². The van der Waals surface area contributed by atoms with Crippen LogP contribution in [0.15, 0.2) is 47.3 Å². The Kier molecular flexibility index (Phi) is 5.87. The minimum absolute atomic E-state index is 0.0222. The quantitative estimate of drug-likeness (QED) is 0.394. The number of carbonyl (C=O) groups is 1. The molecular formula is C20H15ClN2O4S. The zero-order chi connectivity index (χ0) is 20.3. The molecule has 1 heterocycles. The van der Waals surface area contributed by atoms with Crippen molar-refractivity contribution in [3.63, 3.8) is 0 Å². The van der Waals surface area contributed by atoms with Crippen LogP contribution >= 0.6 is 22.9 Å². The second-order valence-corrected chi connectivity index (χ2v) is 7.46. The number of thiazole rings is 1. The van der Waals surface area contributed by atoms with E-state index in [1.54, 1.807) is 42.5 Å². The van der Waals surface area contributed by atoms with Crippen molar-refractivity contribution in [1.29, 1.82) is 0 Å². The summed E-state index contributed by atoms with van der Waals surface area (Å²) < 4.78 is 0.754. The molecule has 3 rings (SSSR count). The van der Waals surface area contributed by atoms with Crippen LogP contribution in [0.1, 0.15) is 28.4 Å². The van der Waals surface area contributed by atoms with E-state index >= 15 is 0 Å². The number of rotatable bonds is 5. The summed E-state index contributed by atoms with van der Waals surface area (Å²) in [5.74, 6) is -0.261. The van der Waals surface area contributed by atoms with Crippen molar-refractivity contribution < 1.29 is 9.72 Å². The van der Waals surface area contributed by atoms with E-state index in [1.807, 2.05) is 6.92 Å². The summed E-state index contributed by atoms with van der Waals surface area (Å²) in [5.41, 5.74) is 1.29. The van der Waals surface area contributed by atoms with Crippen LogP contribution in [0.2, 0.25) is 5.02 Å². The fraction of sp³-hybridized carbons (Fsp3) is 0.100. The highest BCUT2D eigenvalue weighted by atomic mass is 35.5. The van der Waals surface area contributed by atoms with Gasteiger partial charge in [0, 0.05) is 28.3 Å². The van der Waals surface area contributed by atoms with Gasteiger partial charge in [-0.3, -0.25) is 19.7 Å². The van der Waals surface area contributed by atoms with Gasteiger partial charge in [-0.15, -0.1) is 11.3 Å². The zero-order valence-electron chi connectivity index (χ0n) is 14.8. The van der Waals surface area contributed by atoms with E-state index in [0.717, 1.165) is 11.3 Å². The Morgan fingerprint density at radius 2 is 1.96 bits per heavy atom. The van der Waals surface area contributed by atoms with E-state index < -0.39 is 4.92 Å². The first-order valence-corrected chi connectivity index (χ1v) is 9.56. The van der Waals surface area contributed by atoms with Gasteiger partial charge in [-0.05, 0) is 42.3 Å². The molecule has 0 bridgehead atoms. The van der Waals surface area contributed by atoms with Gasteiger partial charge >= 0.3 is 0 Å². The van der Waals surface area contributed by atoms with Crippen LogP contribution in [0, 0.1) is 10.1 Å². The van der Waals surface area contributed by atoms with Crippen LogP contribution in [0.4, 0.5) is 5.69 Å². The monoisotopic (exact) mass is 414 g/mol. The van der Waals surface area contributed by atoms with E-state index in [1.165, 1.54) is 12.1 Å². The van der Waals surface area contributed by atoms with Crippen molar-refractivity contribution in [1.82, 2.24) is 4.98 Å². The third-order valence-electron chi connectivity index (χ3n) is 4.06. The molecule has 0 aliphatic heterocycles. The van der Waals surface area contributed by atoms with Crippen LogP contribution in [0.25, 0.3) is 12.2 Å². The topological polar surface area (TPSA) is 93.1 Å². The van der Waals surface area contributed by atoms with E-state index in [4.69, 9.17) is 11.6 Å². The van der Waals surface area contributed by atoms with Crippen molar-refractivity contribution >= 4 is 46.6 Å². The van der Waals surface area contributed by atoms with Crippen LogP contribution in [0.3, 0.4) is 0 Å². The van der Waals surface area contributed by atoms with Gasteiger partial charge in [-0.25, -0.2) is 0 Å². The molecular weight excluding hydrogens is 400 g/mol. The largest absolute Gasteiger partial charge is 0.313 e. The maximum Gasteiger partial charge on any atom is 0.273 e. The van der Waals surface area contributed by atoms with Gasteiger partial charge in [0.2, 0.25) is 0 Å². The number of Topliss-reactive ketones (excluding diaryl/α,β-unsaturated/α-hetero) is 1. The number of nitro benzene ring substituents is 1. The fourth-order valence-electron chi connectivity index (χ4n) is 2.63. The summed E-state index contributed by atoms with van der Waals surface area (Å²) in [6, 6.07) is 11.3. The first-order chi connectivity index (χ1) is 13.4. The molecule has 0 aliphatic rings. The lowest BCUT2D eigenvalue weighted by molar-refractivity contribution is -0.385. The zero-order valence-corrected chi connectivity index (χ0v) is 16.3. The first-order valence-electron chi connectivity index (χ1n) is 8.37. The lowest BCUT2D eigenvalue weighted by atomic mass is 10.1. The third kappa shape index (κ3) is 4.44. The summed E-state index contributed by atoms with van der Waals surface area (Å²) >= 11 is 6.92. The summed E-state index contributed by atoms with van der Waals surface area (Å²) in [7, 11) is 0. The number of nitrogens with one attached hydrogen (secondary N) is 1. The first kappa shape index (κ1) is 19.7. The Morgan fingerprint density at radius 3 is 2.61 bits per heavy atom. The number of hydrogen-bond donors (Lipinski definition) is 1. The molecule has 0 atom stereocenters. The Morgan fingerprint density at radius 1 is 1.25 bits per heavy atom.